The minimum atomic E-state index is -4.97. The highest BCUT2D eigenvalue weighted by atomic mass is 31.2. The molecule has 0 aliphatic carbocycles. The Labute approximate surface area is 612 Å². The number of allylic oxidation sites excluding steroid dienone is 4. The summed E-state index contributed by atoms with van der Waals surface area (Å²) in [5.74, 6) is -1.41. The lowest BCUT2D eigenvalue weighted by atomic mass is 10.00. The molecule has 590 valence electrons. The lowest BCUT2D eigenvalue weighted by Crippen LogP contribution is -2.30. The third kappa shape index (κ3) is 72.5. The SMILES string of the molecule is CCCCCC/C=C\C=C/CCCCCCCC(=O)O[C@H](COC(=O)CCCCCCCCC(C)CC)COP(=O)(O)OC[C@H](O)COP(=O)(O)OC[C@@H](COC(=O)CCCCCCCCCCCCCCCCCCC)OC(=O)CCCCCCCCCCCCCCCCCCCC. The minimum Gasteiger partial charge on any atom is -0.462 e. The number of hydrogen-bond acceptors (Lipinski definition) is 15. The van der Waals surface area contributed by atoms with E-state index in [2.05, 4.69) is 58.9 Å². The van der Waals surface area contributed by atoms with Gasteiger partial charge in [-0.3, -0.25) is 37.3 Å². The Kier molecular flexibility index (Phi) is 71.6. The Morgan fingerprint density at radius 1 is 0.320 bits per heavy atom. The maximum Gasteiger partial charge on any atom is 0.472 e. The molecule has 0 spiro atoms. The molecule has 0 amide bonds. The first kappa shape index (κ1) is 97.5. The average molecular weight is 1460 g/mol. The Morgan fingerprint density at radius 2 is 0.560 bits per heavy atom. The molecular weight excluding hydrogens is 1310 g/mol. The molecule has 0 bridgehead atoms. The van der Waals surface area contributed by atoms with Crippen molar-refractivity contribution in [3.8, 4) is 0 Å². The van der Waals surface area contributed by atoms with E-state index >= 15 is 0 Å². The van der Waals surface area contributed by atoms with E-state index in [0.29, 0.717) is 25.7 Å². The molecule has 3 N–H and O–H groups in total. The van der Waals surface area contributed by atoms with Crippen LogP contribution in [0.3, 0.4) is 0 Å². The van der Waals surface area contributed by atoms with Gasteiger partial charge in [-0.15, -0.1) is 0 Å². The molecule has 17 nitrogen and oxygen atoms in total. The van der Waals surface area contributed by atoms with Crippen LogP contribution >= 0.6 is 15.6 Å². The summed E-state index contributed by atoms with van der Waals surface area (Å²) in [7, 11) is -9.93. The first-order valence-corrected chi connectivity index (χ1v) is 44.5. The molecule has 0 aliphatic heterocycles. The number of aliphatic hydroxyl groups is 1. The number of carbonyl (C=O) groups is 4. The summed E-state index contributed by atoms with van der Waals surface area (Å²) in [6, 6.07) is 0. The molecule has 0 fully saturated rings. The Morgan fingerprint density at radius 3 is 0.850 bits per heavy atom. The largest absolute Gasteiger partial charge is 0.472 e. The van der Waals surface area contributed by atoms with Crippen LogP contribution in [0.1, 0.15) is 407 Å². The molecule has 0 aromatic heterocycles. The molecule has 0 heterocycles. The number of carbonyl (C=O) groups excluding carboxylic acids is 4. The summed E-state index contributed by atoms with van der Waals surface area (Å²) in [5, 5.41) is 10.6. The van der Waals surface area contributed by atoms with Gasteiger partial charge in [-0.25, -0.2) is 9.13 Å². The smallest absolute Gasteiger partial charge is 0.462 e. The average Bonchev–Trinajstić information content (AvgIpc) is 0.956. The van der Waals surface area contributed by atoms with Crippen LogP contribution in [0.25, 0.3) is 0 Å². The van der Waals surface area contributed by atoms with Gasteiger partial charge in [-0.2, -0.15) is 0 Å². The highest BCUT2D eigenvalue weighted by Crippen LogP contribution is 2.45. The van der Waals surface area contributed by atoms with Crippen LogP contribution in [-0.4, -0.2) is 96.7 Å². The molecule has 19 heteroatoms. The minimum absolute atomic E-state index is 0.0845. The zero-order valence-corrected chi connectivity index (χ0v) is 66.6. The van der Waals surface area contributed by atoms with Crippen molar-refractivity contribution in [1.29, 1.82) is 0 Å². The van der Waals surface area contributed by atoms with Gasteiger partial charge in [0.25, 0.3) is 0 Å². The predicted molar refractivity (Wildman–Crippen MR) is 409 cm³/mol. The second kappa shape index (κ2) is 73.4. The van der Waals surface area contributed by atoms with E-state index in [9.17, 15) is 43.2 Å². The predicted octanol–water partition coefficient (Wildman–Crippen LogP) is 24.0. The van der Waals surface area contributed by atoms with Gasteiger partial charge in [0.15, 0.2) is 12.2 Å². The summed E-state index contributed by atoms with van der Waals surface area (Å²) >= 11 is 0. The van der Waals surface area contributed by atoms with Crippen molar-refractivity contribution < 1.29 is 80.2 Å². The first-order chi connectivity index (χ1) is 48.6. The Bertz CT molecular complexity index is 2010. The molecule has 0 aromatic carbocycles. The summed E-state index contributed by atoms with van der Waals surface area (Å²) in [6.45, 7) is 7.22. The van der Waals surface area contributed by atoms with Gasteiger partial charge in [0.1, 0.15) is 19.3 Å². The Balaban J connectivity index is 5.27. The van der Waals surface area contributed by atoms with Gasteiger partial charge in [0, 0.05) is 25.7 Å². The van der Waals surface area contributed by atoms with Crippen molar-refractivity contribution in [1.82, 2.24) is 0 Å². The molecule has 0 radical (unpaired) electrons. The lowest BCUT2D eigenvalue weighted by molar-refractivity contribution is -0.161. The van der Waals surface area contributed by atoms with Gasteiger partial charge in [-0.05, 0) is 57.3 Å². The number of hydrogen-bond donors (Lipinski definition) is 3. The van der Waals surface area contributed by atoms with Crippen LogP contribution in [0.5, 0.6) is 0 Å². The van der Waals surface area contributed by atoms with Crippen molar-refractivity contribution in [2.24, 2.45) is 5.92 Å². The number of phosphoric acid groups is 2. The fraction of sp³-hybridized carbons (Fsp3) is 0.901. The van der Waals surface area contributed by atoms with Crippen LogP contribution in [0.2, 0.25) is 0 Å². The third-order valence-electron chi connectivity index (χ3n) is 18.8. The maximum absolute atomic E-state index is 13.1. The standard InChI is InChI=1S/C81H154O17P2/c1-6-10-13-16-19-22-25-28-31-33-35-38-41-44-47-50-57-62-66-80(85)97-76(70-91-78(83)64-59-54-48-45-42-39-37-34-32-29-26-23-20-17-14-11-7-2)72-95-99(87,88)93-68-75(82)69-94-100(89,90)96-73-77(71-92-79(84)65-60-55-52-51-53-58-63-74(5)9-4)98-81(86)67-61-56-49-46-43-40-36-30-27-24-21-18-15-12-8-3/h24,27,30,36,74-77,82H,6-23,25-26,28-29,31-35,37-73H2,1-5H3,(H,87,88)(H,89,90)/b27-24-,36-30-/t74?,75-,76-,77-/m1/s1. The number of unbranched alkanes of at least 4 members (excludes halogenated alkanes) is 47. The number of ether oxygens (including phenoxy) is 4. The summed E-state index contributed by atoms with van der Waals surface area (Å²) in [4.78, 5) is 73.0. The van der Waals surface area contributed by atoms with Gasteiger partial charge in [0.2, 0.25) is 0 Å². The molecule has 0 saturated heterocycles. The summed E-state index contributed by atoms with van der Waals surface area (Å²) in [6.07, 6.45) is 67.4. The van der Waals surface area contributed by atoms with Crippen LogP contribution in [0, 0.1) is 5.92 Å². The molecule has 6 atom stereocenters. The van der Waals surface area contributed by atoms with E-state index in [1.807, 2.05) is 0 Å². The molecule has 0 rings (SSSR count). The topological polar surface area (TPSA) is 237 Å². The number of esters is 4. The number of rotatable bonds is 79. The van der Waals surface area contributed by atoms with E-state index in [4.69, 9.17) is 37.0 Å². The first-order valence-electron chi connectivity index (χ1n) is 41.5. The maximum atomic E-state index is 13.1. The quantitative estimate of drug-likeness (QED) is 0.0169. The molecule has 100 heavy (non-hydrogen) atoms. The molecule has 0 aromatic rings. The van der Waals surface area contributed by atoms with E-state index < -0.39 is 97.5 Å². The highest BCUT2D eigenvalue weighted by Gasteiger charge is 2.30. The van der Waals surface area contributed by atoms with Gasteiger partial charge in [0.05, 0.1) is 26.4 Å². The van der Waals surface area contributed by atoms with E-state index in [1.165, 1.54) is 212 Å². The molecule has 0 saturated carbocycles. The normalized spacial score (nSPS) is 14.3. The van der Waals surface area contributed by atoms with Crippen molar-refractivity contribution in [3.05, 3.63) is 24.3 Å². The second-order valence-corrected chi connectivity index (χ2v) is 31.6. The van der Waals surface area contributed by atoms with E-state index in [-0.39, 0.29) is 25.7 Å². The van der Waals surface area contributed by atoms with Crippen molar-refractivity contribution in [3.63, 3.8) is 0 Å². The fourth-order valence-electron chi connectivity index (χ4n) is 12.0. The second-order valence-electron chi connectivity index (χ2n) is 28.7. The van der Waals surface area contributed by atoms with Crippen LogP contribution in [0.15, 0.2) is 24.3 Å². The highest BCUT2D eigenvalue weighted by molar-refractivity contribution is 7.47. The van der Waals surface area contributed by atoms with E-state index in [0.717, 1.165) is 115 Å². The fourth-order valence-corrected chi connectivity index (χ4v) is 13.6. The van der Waals surface area contributed by atoms with Crippen molar-refractivity contribution >= 4 is 39.5 Å². The van der Waals surface area contributed by atoms with Gasteiger partial charge in [-0.1, -0.05) is 354 Å². The third-order valence-corrected chi connectivity index (χ3v) is 20.7. The van der Waals surface area contributed by atoms with Crippen LogP contribution < -0.4 is 0 Å². The Hall–Kier alpha value is -2.46. The van der Waals surface area contributed by atoms with Gasteiger partial charge >= 0.3 is 39.5 Å². The monoisotopic (exact) mass is 1460 g/mol. The van der Waals surface area contributed by atoms with Crippen molar-refractivity contribution in [2.75, 3.05) is 39.6 Å². The number of aliphatic hydroxyl groups excluding tert-OH is 1. The summed E-state index contributed by atoms with van der Waals surface area (Å²) in [5.41, 5.74) is 0. The molecule has 0 aliphatic rings. The number of phosphoric ester groups is 2. The van der Waals surface area contributed by atoms with Crippen molar-refractivity contribution in [2.45, 2.75) is 425 Å². The van der Waals surface area contributed by atoms with Crippen LogP contribution in [0.4, 0.5) is 0 Å². The zero-order chi connectivity index (χ0) is 73.4. The zero-order valence-electron chi connectivity index (χ0n) is 64.8. The lowest BCUT2D eigenvalue weighted by Gasteiger charge is -2.21. The van der Waals surface area contributed by atoms with Crippen LogP contribution in [-0.2, 0) is 65.4 Å². The molecule has 3 unspecified atom stereocenters. The molecular formula is C81H154O17P2. The summed E-state index contributed by atoms with van der Waals surface area (Å²) < 4.78 is 68.7. The van der Waals surface area contributed by atoms with Gasteiger partial charge < -0.3 is 33.8 Å². The van der Waals surface area contributed by atoms with E-state index in [1.54, 1.807) is 0 Å².